The Bertz CT molecular complexity index is 806. The van der Waals surface area contributed by atoms with Crippen LogP contribution in [0, 0.1) is 0 Å². The zero-order valence-electron chi connectivity index (χ0n) is 10.5. The number of hydrogen-bond donors (Lipinski definition) is 0. The van der Waals surface area contributed by atoms with E-state index < -0.39 is 11.7 Å². The van der Waals surface area contributed by atoms with E-state index in [2.05, 4.69) is 10.2 Å². The van der Waals surface area contributed by atoms with Gasteiger partial charge in [-0.1, -0.05) is 12.1 Å². The standard InChI is InChI=1S/C14H8F3N3O/c15-14(16,17)11-4-2-10(3-5-11)13-19-18-12-6-1-9(8-21)7-20(12)13/h1-8H. The van der Waals surface area contributed by atoms with Gasteiger partial charge in [0.2, 0.25) is 0 Å². The van der Waals surface area contributed by atoms with Crippen LogP contribution < -0.4 is 0 Å². The van der Waals surface area contributed by atoms with Crippen LogP contribution in [0.4, 0.5) is 13.2 Å². The Morgan fingerprint density at radius 2 is 1.71 bits per heavy atom. The van der Waals surface area contributed by atoms with Crippen LogP contribution in [0.25, 0.3) is 17.0 Å². The van der Waals surface area contributed by atoms with Crippen molar-refractivity contribution in [2.75, 3.05) is 0 Å². The van der Waals surface area contributed by atoms with Crippen LogP contribution in [-0.4, -0.2) is 20.9 Å². The number of aldehydes is 1. The van der Waals surface area contributed by atoms with Crippen molar-refractivity contribution in [1.29, 1.82) is 0 Å². The molecule has 0 saturated carbocycles. The average molecular weight is 291 g/mol. The summed E-state index contributed by atoms with van der Waals surface area (Å²) in [5, 5.41) is 7.87. The molecule has 3 rings (SSSR count). The molecule has 0 N–H and O–H groups in total. The lowest BCUT2D eigenvalue weighted by atomic mass is 10.1. The first kappa shape index (κ1) is 13.3. The van der Waals surface area contributed by atoms with Gasteiger partial charge in [0.1, 0.15) is 0 Å². The normalized spacial score (nSPS) is 11.8. The monoisotopic (exact) mass is 291 g/mol. The Balaban J connectivity index is 2.10. The summed E-state index contributed by atoms with van der Waals surface area (Å²) in [5.74, 6) is 0.377. The number of fused-ring (bicyclic) bond motifs is 1. The second-order valence-corrected chi connectivity index (χ2v) is 4.41. The van der Waals surface area contributed by atoms with Gasteiger partial charge >= 0.3 is 6.18 Å². The highest BCUT2D eigenvalue weighted by Gasteiger charge is 2.30. The number of rotatable bonds is 2. The van der Waals surface area contributed by atoms with E-state index in [1.54, 1.807) is 16.5 Å². The first-order valence-corrected chi connectivity index (χ1v) is 5.96. The molecule has 1 aromatic carbocycles. The second-order valence-electron chi connectivity index (χ2n) is 4.41. The van der Waals surface area contributed by atoms with E-state index in [-0.39, 0.29) is 0 Å². The molecule has 2 heterocycles. The molecular weight excluding hydrogens is 283 g/mol. The lowest BCUT2D eigenvalue weighted by Crippen LogP contribution is -2.04. The molecule has 0 aliphatic carbocycles. The summed E-state index contributed by atoms with van der Waals surface area (Å²) in [5.41, 5.74) is 0.693. The molecule has 0 amide bonds. The molecule has 0 radical (unpaired) electrons. The summed E-state index contributed by atoms with van der Waals surface area (Å²) >= 11 is 0. The highest BCUT2D eigenvalue weighted by molar-refractivity contribution is 5.75. The molecule has 21 heavy (non-hydrogen) atoms. The van der Waals surface area contributed by atoms with Gasteiger partial charge in [-0.2, -0.15) is 13.2 Å². The maximum Gasteiger partial charge on any atom is 0.416 e. The van der Waals surface area contributed by atoms with Crippen molar-refractivity contribution < 1.29 is 18.0 Å². The lowest BCUT2D eigenvalue weighted by molar-refractivity contribution is -0.137. The Kier molecular flexibility index (Phi) is 2.97. The van der Waals surface area contributed by atoms with E-state index in [1.165, 1.54) is 18.3 Å². The third-order valence-electron chi connectivity index (χ3n) is 3.03. The molecule has 106 valence electrons. The maximum atomic E-state index is 12.5. The first-order chi connectivity index (χ1) is 9.99. The molecule has 2 aromatic heterocycles. The number of alkyl halides is 3. The number of halogens is 3. The SMILES string of the molecule is O=Cc1ccc2nnc(-c3ccc(C(F)(F)F)cc3)n2c1. The lowest BCUT2D eigenvalue weighted by Gasteiger charge is -2.07. The molecule has 0 bridgehead atoms. The van der Waals surface area contributed by atoms with Gasteiger partial charge in [0.25, 0.3) is 0 Å². The molecule has 7 heteroatoms. The van der Waals surface area contributed by atoms with Crippen molar-refractivity contribution in [2.24, 2.45) is 0 Å². The van der Waals surface area contributed by atoms with Crippen LogP contribution in [-0.2, 0) is 6.18 Å². The number of hydrogen-bond acceptors (Lipinski definition) is 3. The van der Waals surface area contributed by atoms with Crippen molar-refractivity contribution in [2.45, 2.75) is 6.18 Å². The molecule has 0 atom stereocenters. The van der Waals surface area contributed by atoms with Gasteiger partial charge in [-0.05, 0) is 24.3 Å². The third kappa shape index (κ3) is 2.37. The molecule has 0 fully saturated rings. The average Bonchev–Trinajstić information content (AvgIpc) is 2.89. The summed E-state index contributed by atoms with van der Waals surface area (Å²) in [6.07, 6.45) is -2.17. The van der Waals surface area contributed by atoms with Gasteiger partial charge in [0.05, 0.1) is 5.56 Å². The van der Waals surface area contributed by atoms with Crippen LogP contribution in [0.3, 0.4) is 0 Å². The predicted molar refractivity (Wildman–Crippen MR) is 68.8 cm³/mol. The highest BCUT2D eigenvalue weighted by Crippen LogP contribution is 2.30. The molecule has 3 aromatic rings. The van der Waals surface area contributed by atoms with Gasteiger partial charge in [0.15, 0.2) is 17.8 Å². The number of pyridine rings is 1. The van der Waals surface area contributed by atoms with Crippen molar-refractivity contribution in [3.63, 3.8) is 0 Å². The molecule has 0 aliphatic heterocycles. The van der Waals surface area contributed by atoms with E-state index in [4.69, 9.17) is 0 Å². The maximum absolute atomic E-state index is 12.5. The summed E-state index contributed by atoms with van der Waals surface area (Å²) < 4.78 is 39.2. The van der Waals surface area contributed by atoms with Gasteiger partial charge in [-0.15, -0.1) is 10.2 Å². The number of carbonyl (C=O) groups is 1. The topological polar surface area (TPSA) is 47.3 Å². The predicted octanol–water partition coefficient (Wildman–Crippen LogP) is 3.23. The minimum absolute atomic E-state index is 0.377. The fourth-order valence-corrected chi connectivity index (χ4v) is 1.98. The molecule has 0 saturated heterocycles. The summed E-state index contributed by atoms with van der Waals surface area (Å²) in [4.78, 5) is 10.8. The van der Waals surface area contributed by atoms with Crippen LogP contribution in [0.5, 0.6) is 0 Å². The minimum atomic E-state index is -4.38. The van der Waals surface area contributed by atoms with Crippen LogP contribution in [0.15, 0.2) is 42.6 Å². The van der Waals surface area contributed by atoms with Crippen molar-refractivity contribution in [3.8, 4) is 11.4 Å². The highest BCUT2D eigenvalue weighted by atomic mass is 19.4. The summed E-state index contributed by atoms with van der Waals surface area (Å²) in [6.45, 7) is 0. The van der Waals surface area contributed by atoms with Crippen molar-refractivity contribution >= 4 is 11.9 Å². The number of carbonyl (C=O) groups excluding carboxylic acids is 1. The minimum Gasteiger partial charge on any atom is -0.298 e. The van der Waals surface area contributed by atoms with E-state index in [9.17, 15) is 18.0 Å². The molecular formula is C14H8F3N3O. The van der Waals surface area contributed by atoms with Crippen molar-refractivity contribution in [3.05, 3.63) is 53.7 Å². The Morgan fingerprint density at radius 1 is 1.00 bits per heavy atom. The van der Waals surface area contributed by atoms with Gasteiger partial charge < -0.3 is 0 Å². The zero-order chi connectivity index (χ0) is 15.0. The smallest absolute Gasteiger partial charge is 0.298 e. The van der Waals surface area contributed by atoms with E-state index in [0.29, 0.717) is 28.9 Å². The Labute approximate surface area is 116 Å². The molecule has 0 spiro atoms. The molecule has 0 aliphatic rings. The van der Waals surface area contributed by atoms with E-state index in [0.717, 1.165) is 12.1 Å². The van der Waals surface area contributed by atoms with Gasteiger partial charge in [0, 0.05) is 17.3 Å². The van der Waals surface area contributed by atoms with E-state index in [1.807, 2.05) is 0 Å². The summed E-state index contributed by atoms with van der Waals surface area (Å²) in [6, 6.07) is 7.83. The van der Waals surface area contributed by atoms with E-state index >= 15 is 0 Å². The largest absolute Gasteiger partial charge is 0.416 e. The fourth-order valence-electron chi connectivity index (χ4n) is 1.98. The first-order valence-electron chi connectivity index (χ1n) is 5.96. The Morgan fingerprint density at radius 3 is 2.33 bits per heavy atom. The van der Waals surface area contributed by atoms with Crippen molar-refractivity contribution in [1.82, 2.24) is 14.6 Å². The molecule has 4 nitrogen and oxygen atoms in total. The number of benzene rings is 1. The number of nitrogens with zero attached hydrogens (tertiary/aromatic N) is 3. The van der Waals surface area contributed by atoms with Crippen LogP contribution >= 0.6 is 0 Å². The number of aromatic nitrogens is 3. The fraction of sp³-hybridized carbons (Fsp3) is 0.0714. The second kappa shape index (κ2) is 4.69. The zero-order valence-corrected chi connectivity index (χ0v) is 10.5. The third-order valence-corrected chi connectivity index (χ3v) is 3.03. The molecule has 0 unspecified atom stereocenters. The van der Waals surface area contributed by atoms with Crippen LogP contribution in [0.2, 0.25) is 0 Å². The quantitative estimate of drug-likeness (QED) is 0.681. The Hall–Kier alpha value is -2.70. The van der Waals surface area contributed by atoms with Gasteiger partial charge in [-0.3, -0.25) is 9.20 Å². The van der Waals surface area contributed by atoms with Crippen LogP contribution in [0.1, 0.15) is 15.9 Å². The summed E-state index contributed by atoms with van der Waals surface area (Å²) in [7, 11) is 0. The van der Waals surface area contributed by atoms with Gasteiger partial charge in [-0.25, -0.2) is 0 Å².